The Balaban J connectivity index is 1.86. The molecule has 0 aliphatic carbocycles. The molecule has 0 radical (unpaired) electrons. The number of aliphatic carboxylic acids is 1. The summed E-state index contributed by atoms with van der Waals surface area (Å²) in [5.74, 6) is -0.480. The fourth-order valence-corrected chi connectivity index (χ4v) is 3.13. The van der Waals surface area contributed by atoms with Crippen molar-refractivity contribution < 1.29 is 14.7 Å². The zero-order chi connectivity index (χ0) is 15.2. The van der Waals surface area contributed by atoms with Crippen molar-refractivity contribution in [1.82, 2.24) is 9.88 Å². The highest BCUT2D eigenvalue weighted by Crippen LogP contribution is 2.21. The number of carboxylic acid groups (broad SMARTS) is 1. The summed E-state index contributed by atoms with van der Waals surface area (Å²) in [4.78, 5) is 28.9. The number of carboxylic acids is 1. The van der Waals surface area contributed by atoms with Crippen molar-refractivity contribution in [3.05, 3.63) is 22.2 Å². The number of hydrogen-bond acceptors (Lipinski definition) is 4. The van der Waals surface area contributed by atoms with Crippen molar-refractivity contribution >= 4 is 29.3 Å². The topological polar surface area (TPSA) is 70.5 Å². The lowest BCUT2D eigenvalue weighted by Gasteiger charge is -2.31. The molecule has 21 heavy (non-hydrogen) atoms. The average Bonchev–Trinajstić information content (AvgIpc) is 2.88. The fraction of sp³-hybridized carbons (Fsp3) is 0.533. The highest BCUT2D eigenvalue weighted by molar-refractivity contribution is 7.09. The standard InChI is InChI=1S/C15H20N2O3S/c1-11-16-13(10-21-11)5-6-14(18)17-8-2-3-12(9-17)4-7-15(19)20/h5-6,10,12H,2-4,7-9H2,1H3,(H,19,20)/b6-5+/t12-/m1/s1. The molecule has 2 rings (SSSR count). The summed E-state index contributed by atoms with van der Waals surface area (Å²) in [5, 5.41) is 11.6. The molecule has 5 nitrogen and oxygen atoms in total. The van der Waals surface area contributed by atoms with Gasteiger partial charge in [0.05, 0.1) is 10.7 Å². The Morgan fingerprint density at radius 3 is 3.05 bits per heavy atom. The first kappa shape index (κ1) is 15.7. The average molecular weight is 308 g/mol. The Morgan fingerprint density at radius 1 is 1.57 bits per heavy atom. The van der Waals surface area contributed by atoms with Crippen LogP contribution >= 0.6 is 11.3 Å². The van der Waals surface area contributed by atoms with Gasteiger partial charge < -0.3 is 10.0 Å². The molecule has 0 unspecified atom stereocenters. The van der Waals surface area contributed by atoms with Gasteiger partial charge in [-0.1, -0.05) is 0 Å². The van der Waals surface area contributed by atoms with Gasteiger partial charge in [0, 0.05) is 31.0 Å². The van der Waals surface area contributed by atoms with E-state index in [0.717, 1.165) is 30.1 Å². The Bertz CT molecular complexity index is 539. The van der Waals surface area contributed by atoms with E-state index in [9.17, 15) is 9.59 Å². The lowest BCUT2D eigenvalue weighted by molar-refractivity contribution is -0.137. The van der Waals surface area contributed by atoms with Gasteiger partial charge in [-0.3, -0.25) is 9.59 Å². The van der Waals surface area contributed by atoms with E-state index in [0.29, 0.717) is 18.9 Å². The van der Waals surface area contributed by atoms with Crippen LogP contribution in [0.4, 0.5) is 0 Å². The van der Waals surface area contributed by atoms with Gasteiger partial charge in [0.15, 0.2) is 0 Å². The van der Waals surface area contributed by atoms with Gasteiger partial charge in [-0.2, -0.15) is 0 Å². The first-order valence-corrected chi connectivity index (χ1v) is 8.03. The molecule has 1 aromatic rings. The van der Waals surface area contributed by atoms with Crippen LogP contribution in [0.5, 0.6) is 0 Å². The number of aromatic nitrogens is 1. The summed E-state index contributed by atoms with van der Waals surface area (Å²) in [5.41, 5.74) is 0.810. The van der Waals surface area contributed by atoms with Gasteiger partial charge >= 0.3 is 5.97 Å². The molecule has 1 aliphatic rings. The lowest BCUT2D eigenvalue weighted by Crippen LogP contribution is -2.39. The van der Waals surface area contributed by atoms with Crippen molar-refractivity contribution in [2.45, 2.75) is 32.6 Å². The van der Waals surface area contributed by atoms with Gasteiger partial charge in [0.1, 0.15) is 0 Å². The van der Waals surface area contributed by atoms with Crippen molar-refractivity contribution in [2.75, 3.05) is 13.1 Å². The maximum atomic E-state index is 12.2. The molecule has 1 atom stereocenters. The monoisotopic (exact) mass is 308 g/mol. The molecule has 1 saturated heterocycles. The van der Waals surface area contributed by atoms with E-state index >= 15 is 0 Å². The van der Waals surface area contributed by atoms with Gasteiger partial charge in [-0.15, -0.1) is 11.3 Å². The lowest BCUT2D eigenvalue weighted by atomic mass is 9.93. The van der Waals surface area contributed by atoms with E-state index in [4.69, 9.17) is 5.11 Å². The molecule has 1 amide bonds. The number of nitrogens with zero attached hydrogens (tertiary/aromatic N) is 2. The molecule has 1 fully saturated rings. The van der Waals surface area contributed by atoms with Crippen LogP contribution in [0, 0.1) is 12.8 Å². The van der Waals surface area contributed by atoms with Crippen molar-refractivity contribution in [1.29, 1.82) is 0 Å². The summed E-state index contributed by atoms with van der Waals surface area (Å²) >= 11 is 1.56. The van der Waals surface area contributed by atoms with Crippen LogP contribution in [0.1, 0.15) is 36.4 Å². The molecule has 1 aromatic heterocycles. The van der Waals surface area contributed by atoms with Crippen LogP contribution in [0.3, 0.4) is 0 Å². The molecule has 2 heterocycles. The van der Waals surface area contributed by atoms with Gasteiger partial charge in [0.25, 0.3) is 0 Å². The first-order chi connectivity index (χ1) is 10.0. The minimum absolute atomic E-state index is 0.0133. The van der Waals surface area contributed by atoms with Crippen molar-refractivity contribution in [3.8, 4) is 0 Å². The number of carbonyl (C=O) groups is 2. The van der Waals surface area contributed by atoms with Crippen molar-refractivity contribution in [3.63, 3.8) is 0 Å². The predicted octanol–water partition coefficient (Wildman–Crippen LogP) is 2.57. The second-order valence-electron chi connectivity index (χ2n) is 5.35. The normalized spacial score (nSPS) is 19.1. The van der Waals surface area contributed by atoms with Crippen LogP contribution < -0.4 is 0 Å². The minimum atomic E-state index is -0.766. The molecule has 0 aromatic carbocycles. The molecule has 1 aliphatic heterocycles. The molecular formula is C15H20N2O3S. The first-order valence-electron chi connectivity index (χ1n) is 7.15. The van der Waals surface area contributed by atoms with Crippen LogP contribution in [-0.2, 0) is 9.59 Å². The zero-order valence-corrected chi connectivity index (χ0v) is 12.9. The van der Waals surface area contributed by atoms with E-state index in [1.807, 2.05) is 17.2 Å². The van der Waals surface area contributed by atoms with Crippen LogP contribution in [-0.4, -0.2) is 40.0 Å². The number of piperidine rings is 1. The Labute approximate surface area is 128 Å². The number of rotatable bonds is 5. The summed E-state index contributed by atoms with van der Waals surface area (Å²) in [6.45, 7) is 3.34. The van der Waals surface area contributed by atoms with Crippen LogP contribution in [0.15, 0.2) is 11.5 Å². The largest absolute Gasteiger partial charge is 0.481 e. The second kappa shape index (κ2) is 7.36. The van der Waals surface area contributed by atoms with Crippen LogP contribution in [0.25, 0.3) is 6.08 Å². The number of thiazole rings is 1. The van der Waals surface area contributed by atoms with E-state index in [1.54, 1.807) is 23.5 Å². The van der Waals surface area contributed by atoms with E-state index in [2.05, 4.69) is 4.98 Å². The fourth-order valence-electron chi connectivity index (χ4n) is 2.55. The van der Waals surface area contributed by atoms with Crippen molar-refractivity contribution in [2.24, 2.45) is 5.92 Å². The van der Waals surface area contributed by atoms with Crippen LogP contribution in [0.2, 0.25) is 0 Å². The summed E-state index contributed by atoms with van der Waals surface area (Å²) in [7, 11) is 0. The Kier molecular flexibility index (Phi) is 5.50. The highest BCUT2D eigenvalue weighted by Gasteiger charge is 2.22. The molecule has 0 saturated carbocycles. The summed E-state index contributed by atoms with van der Waals surface area (Å²) in [6.07, 6.45) is 6.08. The molecule has 0 bridgehead atoms. The third kappa shape index (κ3) is 4.97. The van der Waals surface area contributed by atoms with Gasteiger partial charge in [0.2, 0.25) is 5.91 Å². The summed E-state index contributed by atoms with van der Waals surface area (Å²) < 4.78 is 0. The molecule has 1 N–H and O–H groups in total. The maximum absolute atomic E-state index is 12.2. The maximum Gasteiger partial charge on any atom is 0.303 e. The number of hydrogen-bond donors (Lipinski definition) is 1. The quantitative estimate of drug-likeness (QED) is 0.849. The number of carbonyl (C=O) groups excluding carboxylic acids is 1. The number of amides is 1. The third-order valence-corrected chi connectivity index (χ3v) is 4.42. The Hall–Kier alpha value is -1.69. The minimum Gasteiger partial charge on any atom is -0.481 e. The van der Waals surface area contributed by atoms with E-state index in [-0.39, 0.29) is 12.3 Å². The zero-order valence-electron chi connectivity index (χ0n) is 12.1. The second-order valence-corrected chi connectivity index (χ2v) is 6.41. The van der Waals surface area contributed by atoms with E-state index < -0.39 is 5.97 Å². The summed E-state index contributed by atoms with van der Waals surface area (Å²) in [6, 6.07) is 0. The van der Waals surface area contributed by atoms with E-state index in [1.165, 1.54) is 0 Å². The molecule has 0 spiro atoms. The predicted molar refractivity (Wildman–Crippen MR) is 82.1 cm³/mol. The molecular weight excluding hydrogens is 288 g/mol. The van der Waals surface area contributed by atoms with Gasteiger partial charge in [-0.25, -0.2) is 4.98 Å². The molecule has 6 heteroatoms. The smallest absolute Gasteiger partial charge is 0.303 e. The Morgan fingerprint density at radius 2 is 2.38 bits per heavy atom. The molecule has 114 valence electrons. The number of likely N-dealkylation sites (tertiary alicyclic amines) is 1. The third-order valence-electron chi connectivity index (χ3n) is 3.63. The SMILES string of the molecule is Cc1nc(/C=C/C(=O)N2CCC[C@H](CCC(=O)O)C2)cs1. The number of aryl methyl sites for hydroxylation is 1. The highest BCUT2D eigenvalue weighted by atomic mass is 32.1. The van der Waals surface area contributed by atoms with Gasteiger partial charge in [-0.05, 0) is 38.2 Å².